The van der Waals surface area contributed by atoms with E-state index in [1.807, 2.05) is 13.8 Å². The molecule has 0 aliphatic carbocycles. The van der Waals surface area contributed by atoms with Gasteiger partial charge in [-0.3, -0.25) is 28.8 Å². The van der Waals surface area contributed by atoms with Crippen LogP contribution in [0.5, 0.6) is 0 Å². The Labute approximate surface area is 417 Å². The lowest BCUT2D eigenvalue weighted by Gasteiger charge is -2.20. The number of Topliss-reactive ketones (excluding diaryl/α,β-unsaturated/α-hetero) is 2. The number of azo groups is 2. The Morgan fingerprint density at radius 2 is 0.833 bits per heavy atom. The van der Waals surface area contributed by atoms with Gasteiger partial charge in [-0.05, 0) is 111 Å². The molecular weight excluding hydrogens is 1020 g/mol. The van der Waals surface area contributed by atoms with Crippen molar-refractivity contribution in [3.05, 3.63) is 135 Å². The number of nitrogens with one attached hydrogen (secondary N) is 4. The van der Waals surface area contributed by atoms with Crippen molar-refractivity contribution in [1.82, 2.24) is 0 Å². The van der Waals surface area contributed by atoms with Crippen LogP contribution in [-0.4, -0.2) is 47.3 Å². The molecule has 14 nitrogen and oxygen atoms in total. The molecule has 0 aromatic heterocycles. The fourth-order valence-corrected chi connectivity index (χ4v) is 7.91. The Hall–Kier alpha value is -5.16. The SMILES string of the molecule is CCc1c(NC(=O)C(N=Nc2cc(Cl)cc(C(=O)Nc3c(Cl)ccc(Cl)c3Cl)c2)C(C)=O)ccc(NC(=O)C(N=Nc2cc(Cl)cc(C(=O)Nc3c(Cl)ccc(Cl)c3Cl)c2)C(C)=O)c1CC. The third-order valence-corrected chi connectivity index (χ3v) is 12.0. The molecule has 0 saturated carbocycles. The predicted molar refractivity (Wildman–Crippen MR) is 262 cm³/mol. The van der Waals surface area contributed by atoms with E-state index in [1.165, 1.54) is 72.8 Å². The van der Waals surface area contributed by atoms with Crippen LogP contribution in [0.1, 0.15) is 59.5 Å². The molecule has 5 aromatic carbocycles. The van der Waals surface area contributed by atoms with E-state index in [9.17, 15) is 28.8 Å². The Morgan fingerprint density at radius 3 is 1.17 bits per heavy atom. The zero-order valence-electron chi connectivity index (χ0n) is 34.8. The van der Waals surface area contributed by atoms with Crippen LogP contribution in [0.3, 0.4) is 0 Å². The quantitative estimate of drug-likeness (QED) is 0.0430. The highest BCUT2D eigenvalue weighted by molar-refractivity contribution is 6.47. The summed E-state index contributed by atoms with van der Waals surface area (Å²) in [5.74, 6) is -4.25. The smallest absolute Gasteiger partial charge is 0.258 e. The van der Waals surface area contributed by atoms with Crippen LogP contribution in [0.25, 0.3) is 0 Å². The maximum absolute atomic E-state index is 13.6. The number of halogens is 8. The summed E-state index contributed by atoms with van der Waals surface area (Å²) in [5.41, 5.74) is 2.17. The number of carbonyl (C=O) groups is 6. The van der Waals surface area contributed by atoms with E-state index in [4.69, 9.17) is 92.8 Å². The second-order valence-corrected chi connectivity index (χ2v) is 17.3. The van der Waals surface area contributed by atoms with Crippen LogP contribution in [-0.2, 0) is 32.0 Å². The van der Waals surface area contributed by atoms with Crippen molar-refractivity contribution in [3.8, 4) is 0 Å². The number of anilines is 4. The lowest BCUT2D eigenvalue weighted by molar-refractivity contribution is -0.127. The molecule has 342 valence electrons. The normalized spacial score (nSPS) is 12.2. The van der Waals surface area contributed by atoms with Crippen LogP contribution < -0.4 is 21.3 Å². The van der Waals surface area contributed by atoms with Crippen LogP contribution in [0.4, 0.5) is 34.1 Å². The Morgan fingerprint density at radius 1 is 0.485 bits per heavy atom. The van der Waals surface area contributed by atoms with Gasteiger partial charge in [0.25, 0.3) is 23.6 Å². The van der Waals surface area contributed by atoms with E-state index in [0.717, 1.165) is 13.8 Å². The van der Waals surface area contributed by atoms with Crippen molar-refractivity contribution in [3.63, 3.8) is 0 Å². The van der Waals surface area contributed by atoms with E-state index in [-0.39, 0.29) is 74.1 Å². The van der Waals surface area contributed by atoms with Crippen molar-refractivity contribution < 1.29 is 28.8 Å². The average molecular weight is 1050 g/mol. The van der Waals surface area contributed by atoms with E-state index in [2.05, 4.69) is 41.7 Å². The third-order valence-electron chi connectivity index (χ3n) is 9.35. The summed E-state index contributed by atoms with van der Waals surface area (Å²) in [6.45, 7) is 5.97. The monoisotopic (exact) mass is 1050 g/mol. The van der Waals surface area contributed by atoms with E-state index in [0.29, 0.717) is 35.3 Å². The van der Waals surface area contributed by atoms with Gasteiger partial charge < -0.3 is 21.3 Å². The van der Waals surface area contributed by atoms with E-state index >= 15 is 0 Å². The molecule has 2 atom stereocenters. The molecule has 2 unspecified atom stereocenters. The maximum Gasteiger partial charge on any atom is 0.258 e. The van der Waals surface area contributed by atoms with Crippen LogP contribution in [0.15, 0.2) is 93.3 Å². The highest BCUT2D eigenvalue weighted by Gasteiger charge is 2.27. The summed E-state index contributed by atoms with van der Waals surface area (Å²) in [6, 6.07) is 13.8. The molecular formula is C44H34Cl8N8O6. The number of hydrogen-bond acceptors (Lipinski definition) is 10. The average Bonchev–Trinajstić information content (AvgIpc) is 3.26. The molecule has 22 heteroatoms. The van der Waals surface area contributed by atoms with Crippen molar-refractivity contribution in [2.45, 2.75) is 52.6 Å². The molecule has 0 radical (unpaired) electrons. The minimum absolute atomic E-state index is 0.0250. The van der Waals surface area contributed by atoms with Gasteiger partial charge in [0.2, 0.25) is 12.1 Å². The maximum atomic E-state index is 13.6. The van der Waals surface area contributed by atoms with Crippen molar-refractivity contribution >= 4 is 162 Å². The first-order chi connectivity index (χ1) is 31.2. The predicted octanol–water partition coefficient (Wildman–Crippen LogP) is 13.9. The highest BCUT2D eigenvalue weighted by atomic mass is 35.5. The fraction of sp³-hybridized carbons (Fsp3) is 0.182. The molecule has 0 bridgehead atoms. The molecule has 4 N–H and O–H groups in total. The number of amides is 4. The van der Waals surface area contributed by atoms with Gasteiger partial charge in [0.05, 0.1) is 52.9 Å². The topological polar surface area (TPSA) is 200 Å². The van der Waals surface area contributed by atoms with Gasteiger partial charge in [0, 0.05) is 32.5 Å². The second kappa shape index (κ2) is 23.0. The summed E-state index contributed by atoms with van der Waals surface area (Å²) in [7, 11) is 0. The van der Waals surface area contributed by atoms with Crippen molar-refractivity contribution in [1.29, 1.82) is 0 Å². The number of hydrogen-bond donors (Lipinski definition) is 4. The van der Waals surface area contributed by atoms with Gasteiger partial charge in [-0.25, -0.2) is 0 Å². The highest BCUT2D eigenvalue weighted by Crippen LogP contribution is 2.38. The zero-order valence-corrected chi connectivity index (χ0v) is 40.8. The molecule has 66 heavy (non-hydrogen) atoms. The fourth-order valence-electron chi connectivity index (χ4n) is 6.20. The molecule has 0 fully saturated rings. The second-order valence-electron chi connectivity index (χ2n) is 14.0. The van der Waals surface area contributed by atoms with Crippen LogP contribution in [0, 0.1) is 0 Å². The summed E-state index contributed by atoms with van der Waals surface area (Å²) in [6.07, 6.45) is 0.730. The number of benzene rings is 5. The molecule has 4 amide bonds. The standard InChI is InChI=1S/C44H34Cl8N8O6/c1-5-27-28(6-2)34(54-44(66)38(20(4)62)60-58-26-16-22(14-24(46)18-26)42(64)56-40-32(50)10-8-30(48)36(40)52)12-11-33(27)53-43(65)37(19(3)61)59-57-25-15-21(13-23(45)17-25)41(63)55-39-31(49)9-7-29(47)35(39)51/h7-18,37-38H,5-6H2,1-4H3,(H,53,65)(H,54,66)(H,55,63)(H,56,64). The number of nitrogens with zero attached hydrogens (tertiary/aromatic N) is 4. The number of carbonyl (C=O) groups excluding carboxylic acids is 6. The first-order valence-corrected chi connectivity index (χ1v) is 22.3. The minimum atomic E-state index is -1.62. The molecule has 5 rings (SSSR count). The lowest BCUT2D eigenvalue weighted by atomic mass is 9.98. The lowest BCUT2D eigenvalue weighted by Crippen LogP contribution is -2.33. The van der Waals surface area contributed by atoms with E-state index in [1.54, 1.807) is 0 Å². The van der Waals surface area contributed by atoms with Gasteiger partial charge >= 0.3 is 0 Å². The van der Waals surface area contributed by atoms with Crippen molar-refractivity contribution in [2.24, 2.45) is 20.5 Å². The van der Waals surface area contributed by atoms with E-state index < -0.39 is 47.3 Å². The largest absolute Gasteiger partial charge is 0.323 e. The van der Waals surface area contributed by atoms with Gasteiger partial charge in [-0.15, -0.1) is 0 Å². The molecule has 0 saturated heterocycles. The first kappa shape index (κ1) is 51.8. The Balaban J connectivity index is 1.32. The first-order valence-electron chi connectivity index (χ1n) is 19.3. The van der Waals surface area contributed by atoms with Gasteiger partial charge in [-0.1, -0.05) is 107 Å². The Kier molecular flexibility index (Phi) is 18.1. The molecule has 0 aliphatic heterocycles. The zero-order chi connectivity index (χ0) is 48.6. The number of rotatable bonds is 16. The van der Waals surface area contributed by atoms with Crippen molar-refractivity contribution in [2.75, 3.05) is 21.3 Å². The molecule has 0 heterocycles. The van der Waals surface area contributed by atoms with Crippen LogP contribution in [0.2, 0.25) is 40.2 Å². The molecule has 5 aromatic rings. The Bertz CT molecular complexity index is 2670. The third kappa shape index (κ3) is 12.8. The molecule has 0 aliphatic rings. The summed E-state index contributed by atoms with van der Waals surface area (Å²) >= 11 is 49.6. The van der Waals surface area contributed by atoms with Gasteiger partial charge in [0.15, 0.2) is 11.6 Å². The molecule has 0 spiro atoms. The summed E-state index contributed by atoms with van der Waals surface area (Å²) < 4.78 is 0. The van der Waals surface area contributed by atoms with Gasteiger partial charge in [-0.2, -0.15) is 20.5 Å². The summed E-state index contributed by atoms with van der Waals surface area (Å²) in [4.78, 5) is 79.0. The minimum Gasteiger partial charge on any atom is -0.323 e. The summed E-state index contributed by atoms with van der Waals surface area (Å²) in [5, 5.41) is 27.6. The number of ketones is 2. The van der Waals surface area contributed by atoms with Gasteiger partial charge in [0.1, 0.15) is 0 Å². The van der Waals surface area contributed by atoms with Crippen LogP contribution >= 0.6 is 92.8 Å².